The van der Waals surface area contributed by atoms with Crippen LogP contribution in [0.1, 0.15) is 6.92 Å². The molecule has 1 atom stereocenters. The van der Waals surface area contributed by atoms with Crippen LogP contribution < -0.4 is 0 Å². The molecular formula is C11H15BrN2O5S. The van der Waals surface area contributed by atoms with E-state index in [9.17, 15) is 18.5 Å². The van der Waals surface area contributed by atoms with E-state index in [1.807, 2.05) is 0 Å². The molecule has 7 nitrogen and oxygen atoms in total. The number of hydrogen-bond acceptors (Lipinski definition) is 5. The van der Waals surface area contributed by atoms with E-state index in [1.165, 1.54) is 26.3 Å². The maximum atomic E-state index is 12.5. The van der Waals surface area contributed by atoms with Crippen molar-refractivity contribution in [3.63, 3.8) is 0 Å². The van der Waals surface area contributed by atoms with Crippen LogP contribution in [0, 0.1) is 10.1 Å². The van der Waals surface area contributed by atoms with E-state index in [4.69, 9.17) is 4.74 Å². The molecule has 0 aromatic heterocycles. The van der Waals surface area contributed by atoms with Crippen LogP contribution in [0.3, 0.4) is 0 Å². The molecule has 1 aromatic carbocycles. The Morgan fingerprint density at radius 2 is 2.10 bits per heavy atom. The number of hydrogen-bond donors (Lipinski definition) is 0. The first kappa shape index (κ1) is 17.0. The third-order valence-corrected chi connectivity index (χ3v) is 5.30. The second kappa shape index (κ2) is 6.61. The molecule has 1 rings (SSSR count). The zero-order valence-electron chi connectivity index (χ0n) is 11.2. The number of nitrogens with zero attached hydrogens (tertiary/aromatic N) is 2. The highest BCUT2D eigenvalue weighted by Crippen LogP contribution is 2.29. The summed E-state index contributed by atoms with van der Waals surface area (Å²) in [6.45, 7) is 1.85. The van der Waals surface area contributed by atoms with Crippen LogP contribution in [-0.2, 0) is 14.8 Å². The third kappa shape index (κ3) is 3.54. The largest absolute Gasteiger partial charge is 0.383 e. The average Bonchev–Trinajstić information content (AvgIpc) is 2.37. The Balaban J connectivity index is 3.34. The zero-order valence-corrected chi connectivity index (χ0v) is 13.6. The summed E-state index contributed by atoms with van der Waals surface area (Å²) in [5, 5.41) is 11.0. The molecule has 0 bridgehead atoms. The van der Waals surface area contributed by atoms with Crippen LogP contribution >= 0.6 is 15.9 Å². The summed E-state index contributed by atoms with van der Waals surface area (Å²) in [4.78, 5) is 9.92. The predicted molar refractivity (Wildman–Crippen MR) is 77.1 cm³/mol. The van der Waals surface area contributed by atoms with Crippen molar-refractivity contribution in [1.29, 1.82) is 0 Å². The van der Waals surface area contributed by atoms with Gasteiger partial charge in [-0.05, 0) is 19.1 Å². The topological polar surface area (TPSA) is 89.8 Å². The zero-order chi connectivity index (χ0) is 15.5. The number of nitro benzene ring substituents is 1. The summed E-state index contributed by atoms with van der Waals surface area (Å²) in [6, 6.07) is 3.37. The predicted octanol–water partition coefficient (Wildman–Crippen LogP) is 2.01. The van der Waals surface area contributed by atoms with E-state index in [0.717, 1.165) is 10.4 Å². The number of nitro groups is 1. The van der Waals surface area contributed by atoms with Crippen LogP contribution in [0.25, 0.3) is 0 Å². The first-order chi connectivity index (χ1) is 9.21. The van der Waals surface area contributed by atoms with Crippen LogP contribution in [0.15, 0.2) is 27.6 Å². The Bertz CT molecular complexity index is 605. The highest BCUT2D eigenvalue weighted by atomic mass is 79.9. The van der Waals surface area contributed by atoms with Gasteiger partial charge in [-0.15, -0.1) is 0 Å². The Hall–Kier alpha value is -1.03. The van der Waals surface area contributed by atoms with Crippen molar-refractivity contribution < 1.29 is 18.1 Å². The molecule has 0 spiro atoms. The van der Waals surface area contributed by atoms with Crippen LogP contribution in [0.5, 0.6) is 0 Å². The molecule has 0 saturated heterocycles. The maximum absolute atomic E-state index is 12.5. The lowest BCUT2D eigenvalue weighted by molar-refractivity contribution is -0.387. The number of methoxy groups -OCH3 is 1. The standard InChI is InChI=1S/C11H15BrN2O5S/c1-8(7-19-3)13(2)20(17,18)11-6-9(12)4-5-10(11)14(15)16/h4-6,8H,7H2,1-3H3. The van der Waals surface area contributed by atoms with Gasteiger partial charge in [-0.2, -0.15) is 4.31 Å². The van der Waals surface area contributed by atoms with Gasteiger partial charge in [0.05, 0.1) is 11.5 Å². The smallest absolute Gasteiger partial charge is 0.289 e. The van der Waals surface area contributed by atoms with Crippen LogP contribution in [0.2, 0.25) is 0 Å². The van der Waals surface area contributed by atoms with E-state index in [0.29, 0.717) is 4.47 Å². The molecule has 0 fully saturated rings. The Labute approximate surface area is 125 Å². The van der Waals surface area contributed by atoms with E-state index in [-0.39, 0.29) is 11.5 Å². The lowest BCUT2D eigenvalue weighted by atomic mass is 10.3. The molecule has 112 valence electrons. The monoisotopic (exact) mass is 366 g/mol. The van der Waals surface area contributed by atoms with Crippen molar-refractivity contribution in [2.45, 2.75) is 17.9 Å². The van der Waals surface area contributed by atoms with Gasteiger partial charge < -0.3 is 4.74 Å². The first-order valence-corrected chi connectivity index (χ1v) is 7.86. The quantitative estimate of drug-likeness (QED) is 0.567. The van der Waals surface area contributed by atoms with Gasteiger partial charge in [0.1, 0.15) is 0 Å². The SMILES string of the molecule is COCC(C)N(C)S(=O)(=O)c1cc(Br)ccc1[N+](=O)[O-]. The lowest BCUT2D eigenvalue weighted by Crippen LogP contribution is -2.38. The van der Waals surface area contributed by atoms with Crippen molar-refractivity contribution in [2.75, 3.05) is 20.8 Å². The van der Waals surface area contributed by atoms with Gasteiger partial charge in [0.15, 0.2) is 4.90 Å². The number of likely N-dealkylation sites (N-methyl/N-ethyl adjacent to an activating group) is 1. The van der Waals surface area contributed by atoms with Crippen molar-refractivity contribution in [3.8, 4) is 0 Å². The summed E-state index contributed by atoms with van der Waals surface area (Å²) >= 11 is 3.12. The van der Waals surface area contributed by atoms with Gasteiger partial charge in [-0.25, -0.2) is 8.42 Å². The van der Waals surface area contributed by atoms with E-state index < -0.39 is 26.7 Å². The van der Waals surface area contributed by atoms with Crippen molar-refractivity contribution >= 4 is 31.6 Å². The highest BCUT2D eigenvalue weighted by Gasteiger charge is 2.32. The average molecular weight is 367 g/mol. The molecule has 0 amide bonds. The Morgan fingerprint density at radius 3 is 2.60 bits per heavy atom. The van der Waals surface area contributed by atoms with E-state index in [1.54, 1.807) is 6.92 Å². The summed E-state index contributed by atoms with van der Waals surface area (Å²) < 4.78 is 31.4. The minimum absolute atomic E-state index is 0.192. The second-order valence-electron chi connectivity index (χ2n) is 4.19. The minimum atomic E-state index is -3.98. The fourth-order valence-electron chi connectivity index (χ4n) is 1.58. The molecule has 1 aromatic rings. The van der Waals surface area contributed by atoms with E-state index >= 15 is 0 Å². The number of rotatable bonds is 6. The molecule has 0 radical (unpaired) electrons. The second-order valence-corrected chi connectivity index (χ2v) is 7.08. The molecule has 0 N–H and O–H groups in total. The van der Waals surface area contributed by atoms with Gasteiger partial charge in [0.2, 0.25) is 10.0 Å². The fourth-order valence-corrected chi connectivity index (χ4v) is 3.62. The summed E-state index contributed by atoms with van der Waals surface area (Å²) in [7, 11) is -1.16. The van der Waals surface area contributed by atoms with Crippen LogP contribution in [-0.4, -0.2) is 44.5 Å². The Kier molecular flexibility index (Phi) is 5.63. The Morgan fingerprint density at radius 1 is 1.50 bits per heavy atom. The number of benzene rings is 1. The summed E-state index contributed by atoms with van der Waals surface area (Å²) in [5.74, 6) is 0. The van der Waals surface area contributed by atoms with Crippen molar-refractivity contribution in [2.24, 2.45) is 0 Å². The van der Waals surface area contributed by atoms with Crippen molar-refractivity contribution in [1.82, 2.24) is 4.31 Å². The summed E-state index contributed by atoms with van der Waals surface area (Å²) in [5.41, 5.74) is -0.454. The van der Waals surface area contributed by atoms with Gasteiger partial charge in [-0.1, -0.05) is 15.9 Å². The van der Waals surface area contributed by atoms with Crippen LogP contribution in [0.4, 0.5) is 5.69 Å². The van der Waals surface area contributed by atoms with Gasteiger partial charge in [0, 0.05) is 30.7 Å². The molecule has 9 heteroatoms. The number of halogens is 1. The normalized spacial score (nSPS) is 13.4. The first-order valence-electron chi connectivity index (χ1n) is 5.62. The van der Waals surface area contributed by atoms with Gasteiger partial charge in [0.25, 0.3) is 5.69 Å². The van der Waals surface area contributed by atoms with Crippen molar-refractivity contribution in [3.05, 3.63) is 32.8 Å². The summed E-state index contributed by atoms with van der Waals surface area (Å²) in [6.07, 6.45) is 0. The molecule has 0 heterocycles. The molecule has 20 heavy (non-hydrogen) atoms. The molecule has 1 unspecified atom stereocenters. The maximum Gasteiger partial charge on any atom is 0.289 e. The molecule has 0 aliphatic rings. The number of sulfonamides is 1. The van der Waals surface area contributed by atoms with E-state index in [2.05, 4.69) is 15.9 Å². The lowest BCUT2D eigenvalue weighted by Gasteiger charge is -2.23. The fraction of sp³-hybridized carbons (Fsp3) is 0.455. The molecular weight excluding hydrogens is 352 g/mol. The minimum Gasteiger partial charge on any atom is -0.383 e. The van der Waals surface area contributed by atoms with Gasteiger partial charge in [-0.3, -0.25) is 10.1 Å². The highest BCUT2D eigenvalue weighted by molar-refractivity contribution is 9.10. The third-order valence-electron chi connectivity index (χ3n) is 2.80. The van der Waals surface area contributed by atoms with Gasteiger partial charge >= 0.3 is 0 Å². The molecule has 0 aliphatic carbocycles. The number of ether oxygens (including phenoxy) is 1. The molecule has 0 saturated carbocycles. The molecule has 0 aliphatic heterocycles.